The Hall–Kier alpha value is -4.12. The summed E-state index contributed by atoms with van der Waals surface area (Å²) < 4.78 is 10.6. The predicted molar refractivity (Wildman–Crippen MR) is 137 cm³/mol. The lowest BCUT2D eigenvalue weighted by atomic mass is 9.98. The second-order valence-electron chi connectivity index (χ2n) is 9.73. The second kappa shape index (κ2) is 12.4. The summed E-state index contributed by atoms with van der Waals surface area (Å²) >= 11 is 0. The quantitative estimate of drug-likeness (QED) is 0.334. The topological polar surface area (TPSA) is 141 Å². The van der Waals surface area contributed by atoms with Crippen molar-refractivity contribution in [1.82, 2.24) is 16.0 Å². The highest BCUT2D eigenvalue weighted by Crippen LogP contribution is 2.44. The van der Waals surface area contributed by atoms with Crippen LogP contribution in [-0.4, -0.2) is 62.0 Å². The van der Waals surface area contributed by atoms with E-state index in [4.69, 9.17) is 9.47 Å². The first-order chi connectivity index (χ1) is 18.0. The standard InChI is InChI=1S/C27H33N3O8/c1-16(29-22(31)14-28-25(33)37-27(2,3)4)23(24(32)38-35-5)30-26(34)36-15-21-19-12-8-6-10-17(19)18-11-7-9-13-20(18)21/h6-13,16,21,23H,14-15H2,1-5H3,(H,28,33)(H,29,31)(H,30,34)/t16-,23-/m0/s1. The van der Waals surface area contributed by atoms with Gasteiger partial charge in [-0.25, -0.2) is 14.4 Å². The minimum Gasteiger partial charge on any atom is -0.449 e. The van der Waals surface area contributed by atoms with Crippen molar-refractivity contribution in [3.63, 3.8) is 0 Å². The third-order valence-corrected chi connectivity index (χ3v) is 5.72. The van der Waals surface area contributed by atoms with Gasteiger partial charge in [0.05, 0.1) is 13.2 Å². The molecule has 11 nitrogen and oxygen atoms in total. The molecule has 0 unspecified atom stereocenters. The van der Waals surface area contributed by atoms with Gasteiger partial charge in [0.2, 0.25) is 5.91 Å². The molecule has 0 aromatic heterocycles. The maximum absolute atomic E-state index is 12.7. The average molecular weight is 528 g/mol. The fourth-order valence-corrected chi connectivity index (χ4v) is 4.14. The minimum absolute atomic E-state index is 0.0342. The van der Waals surface area contributed by atoms with Gasteiger partial charge in [0.1, 0.15) is 18.8 Å². The average Bonchev–Trinajstić information content (AvgIpc) is 3.17. The molecule has 3 amide bonds. The van der Waals surface area contributed by atoms with E-state index in [0.717, 1.165) is 29.4 Å². The normalized spacial score (nSPS) is 13.8. The molecule has 3 rings (SSSR count). The summed E-state index contributed by atoms with van der Waals surface area (Å²) in [7, 11) is 1.14. The van der Waals surface area contributed by atoms with Gasteiger partial charge < -0.3 is 25.4 Å². The highest BCUT2D eigenvalue weighted by atomic mass is 17.2. The SMILES string of the molecule is COOC(=O)[C@@H](NC(=O)OCC1c2ccccc2-c2ccccc21)[C@H](C)NC(=O)CNC(=O)OC(C)(C)C. The highest BCUT2D eigenvalue weighted by Gasteiger charge is 2.33. The number of rotatable bonds is 9. The molecule has 1 aliphatic carbocycles. The van der Waals surface area contributed by atoms with Crippen LogP contribution in [0.3, 0.4) is 0 Å². The zero-order valence-corrected chi connectivity index (χ0v) is 22.0. The number of benzene rings is 2. The molecule has 204 valence electrons. The molecular formula is C27H33N3O8. The molecule has 1 aliphatic rings. The van der Waals surface area contributed by atoms with E-state index < -0.39 is 48.3 Å². The number of carbonyl (C=O) groups is 4. The van der Waals surface area contributed by atoms with Gasteiger partial charge in [-0.05, 0) is 49.9 Å². The fraction of sp³-hybridized carbons (Fsp3) is 0.407. The van der Waals surface area contributed by atoms with Crippen molar-refractivity contribution in [3.05, 3.63) is 59.7 Å². The molecule has 38 heavy (non-hydrogen) atoms. The number of nitrogens with one attached hydrogen (secondary N) is 3. The molecule has 0 fully saturated rings. The van der Waals surface area contributed by atoms with E-state index in [1.165, 1.54) is 6.92 Å². The molecule has 3 N–H and O–H groups in total. The monoisotopic (exact) mass is 527 g/mol. The van der Waals surface area contributed by atoms with Crippen LogP contribution in [0, 0.1) is 0 Å². The Kier molecular flexibility index (Phi) is 9.30. The fourth-order valence-electron chi connectivity index (χ4n) is 4.14. The van der Waals surface area contributed by atoms with Crippen LogP contribution in [0.4, 0.5) is 9.59 Å². The van der Waals surface area contributed by atoms with E-state index in [9.17, 15) is 19.2 Å². The van der Waals surface area contributed by atoms with Crippen molar-refractivity contribution >= 4 is 24.1 Å². The molecule has 0 saturated heterocycles. The first-order valence-electron chi connectivity index (χ1n) is 12.1. The predicted octanol–water partition coefficient (Wildman–Crippen LogP) is 3.03. The maximum Gasteiger partial charge on any atom is 0.408 e. The van der Waals surface area contributed by atoms with Crippen molar-refractivity contribution in [2.24, 2.45) is 0 Å². The summed E-state index contributed by atoms with van der Waals surface area (Å²) in [5.74, 6) is -1.74. The van der Waals surface area contributed by atoms with Gasteiger partial charge in [-0.2, -0.15) is 4.89 Å². The van der Waals surface area contributed by atoms with Crippen molar-refractivity contribution in [2.75, 3.05) is 20.3 Å². The van der Waals surface area contributed by atoms with E-state index in [0.29, 0.717) is 0 Å². The van der Waals surface area contributed by atoms with E-state index in [-0.39, 0.29) is 12.5 Å². The van der Waals surface area contributed by atoms with E-state index >= 15 is 0 Å². The summed E-state index contributed by atoms with van der Waals surface area (Å²) in [4.78, 5) is 58.3. The van der Waals surface area contributed by atoms with Crippen LogP contribution < -0.4 is 16.0 Å². The first-order valence-corrected chi connectivity index (χ1v) is 12.1. The molecule has 0 saturated carbocycles. The molecular weight excluding hydrogens is 494 g/mol. The van der Waals surface area contributed by atoms with Gasteiger partial charge in [-0.15, -0.1) is 0 Å². The number of ether oxygens (including phenoxy) is 2. The number of amides is 3. The van der Waals surface area contributed by atoms with Crippen LogP contribution in [0.25, 0.3) is 11.1 Å². The largest absolute Gasteiger partial charge is 0.449 e. The molecule has 0 heterocycles. The molecule has 2 atom stereocenters. The Labute approximate surface area is 221 Å². The lowest BCUT2D eigenvalue weighted by Crippen LogP contribution is -2.56. The second-order valence-corrected chi connectivity index (χ2v) is 9.73. The Morgan fingerprint density at radius 1 is 0.895 bits per heavy atom. The lowest BCUT2D eigenvalue weighted by Gasteiger charge is -2.24. The van der Waals surface area contributed by atoms with Crippen molar-refractivity contribution in [1.29, 1.82) is 0 Å². The molecule has 0 bridgehead atoms. The van der Waals surface area contributed by atoms with E-state index in [1.54, 1.807) is 20.8 Å². The number of hydrogen-bond acceptors (Lipinski definition) is 8. The summed E-state index contributed by atoms with van der Waals surface area (Å²) in [5, 5.41) is 7.28. The molecule has 2 aromatic rings. The van der Waals surface area contributed by atoms with Gasteiger partial charge in [-0.1, -0.05) is 48.5 Å². The zero-order chi connectivity index (χ0) is 27.9. The molecule has 0 aliphatic heterocycles. The smallest absolute Gasteiger partial charge is 0.408 e. The number of fused-ring (bicyclic) bond motifs is 3. The Bertz CT molecular complexity index is 1130. The maximum atomic E-state index is 12.7. The molecule has 0 radical (unpaired) electrons. The van der Waals surface area contributed by atoms with Crippen molar-refractivity contribution in [3.8, 4) is 11.1 Å². The number of alkyl carbamates (subject to hydrolysis) is 2. The van der Waals surface area contributed by atoms with E-state index in [2.05, 4.69) is 25.7 Å². The Morgan fingerprint density at radius 3 is 2.03 bits per heavy atom. The van der Waals surface area contributed by atoms with Crippen LogP contribution in [-0.2, 0) is 28.8 Å². The molecule has 0 spiro atoms. The Morgan fingerprint density at radius 2 is 1.47 bits per heavy atom. The van der Waals surface area contributed by atoms with Gasteiger partial charge in [0.15, 0.2) is 6.04 Å². The van der Waals surface area contributed by atoms with Crippen LogP contribution in [0.5, 0.6) is 0 Å². The zero-order valence-electron chi connectivity index (χ0n) is 22.0. The molecule has 2 aromatic carbocycles. The summed E-state index contributed by atoms with van der Waals surface area (Å²) in [6.45, 7) is 6.18. The van der Waals surface area contributed by atoms with Crippen molar-refractivity contribution in [2.45, 2.75) is 51.3 Å². The third-order valence-electron chi connectivity index (χ3n) is 5.72. The van der Waals surface area contributed by atoms with Gasteiger partial charge in [0, 0.05) is 5.92 Å². The summed E-state index contributed by atoms with van der Waals surface area (Å²) in [6, 6.07) is 13.5. The lowest BCUT2D eigenvalue weighted by molar-refractivity contribution is -0.257. The minimum atomic E-state index is -1.34. The molecule has 11 heteroatoms. The van der Waals surface area contributed by atoms with Crippen molar-refractivity contribution < 1.29 is 38.4 Å². The van der Waals surface area contributed by atoms with Crippen LogP contribution >= 0.6 is 0 Å². The van der Waals surface area contributed by atoms with Crippen LogP contribution in [0.1, 0.15) is 44.7 Å². The Balaban J connectivity index is 1.60. The van der Waals surface area contributed by atoms with E-state index in [1.807, 2.05) is 48.5 Å². The number of hydrogen-bond donors (Lipinski definition) is 3. The summed E-state index contributed by atoms with van der Waals surface area (Å²) in [5.41, 5.74) is 3.50. The van der Waals surface area contributed by atoms with Gasteiger partial charge >= 0.3 is 18.2 Å². The van der Waals surface area contributed by atoms with Crippen LogP contribution in [0.2, 0.25) is 0 Å². The van der Waals surface area contributed by atoms with Crippen LogP contribution in [0.15, 0.2) is 48.5 Å². The first kappa shape index (κ1) is 28.5. The highest BCUT2D eigenvalue weighted by molar-refractivity contribution is 5.85. The van der Waals surface area contributed by atoms with Gasteiger partial charge in [0.25, 0.3) is 0 Å². The third kappa shape index (κ3) is 7.45. The van der Waals surface area contributed by atoms with Gasteiger partial charge in [-0.3, -0.25) is 9.68 Å². The summed E-state index contributed by atoms with van der Waals surface area (Å²) in [6.07, 6.45) is -1.65. The number of carbonyl (C=O) groups excluding carboxylic acids is 4.